The van der Waals surface area contributed by atoms with Crippen LogP contribution in [0, 0.1) is 0 Å². The fourth-order valence-corrected chi connectivity index (χ4v) is 5.94. The van der Waals surface area contributed by atoms with Crippen LogP contribution >= 0.6 is 0 Å². The van der Waals surface area contributed by atoms with Crippen molar-refractivity contribution in [2.24, 2.45) is 0 Å². The molecule has 2 aliphatic rings. The topological polar surface area (TPSA) is 43.5 Å². The maximum absolute atomic E-state index is 10.9. The van der Waals surface area contributed by atoms with Gasteiger partial charge in [-0.3, -0.25) is 4.79 Å². The quantitative estimate of drug-likeness (QED) is 0.257. The number of carboxylic acid groups (broad SMARTS) is 1. The molecule has 2 aliphatic heterocycles. The number of unbranched alkanes of at least 4 members (excludes halogenated alkanes) is 2. The number of rotatable bonds is 10. The van der Waals surface area contributed by atoms with E-state index in [4.69, 9.17) is 5.11 Å². The predicted octanol–water partition coefficient (Wildman–Crippen LogP) is 4.53. The minimum absolute atomic E-state index is 0. The van der Waals surface area contributed by atoms with Crippen LogP contribution in [0.1, 0.15) is 71.4 Å². The van der Waals surface area contributed by atoms with E-state index in [0.717, 1.165) is 32.4 Å². The van der Waals surface area contributed by atoms with Crippen LogP contribution in [0.2, 0.25) is 0 Å². The number of nitrogens with zero attached hydrogens (tertiary/aromatic N) is 2. The van der Waals surface area contributed by atoms with E-state index in [9.17, 15) is 4.79 Å². The molecule has 0 spiro atoms. The molecule has 4 rings (SSSR count). The highest BCUT2D eigenvalue weighted by Crippen LogP contribution is 2.47. The molecule has 0 atom stereocenters. The lowest BCUT2D eigenvalue weighted by Crippen LogP contribution is -3.00. The molecular formula is C33H41BrN2O2. The van der Waals surface area contributed by atoms with E-state index in [1.165, 1.54) is 33.9 Å². The summed E-state index contributed by atoms with van der Waals surface area (Å²) < 4.78 is 2.43. The van der Waals surface area contributed by atoms with Gasteiger partial charge in [0.15, 0.2) is 5.71 Å². The molecule has 0 radical (unpaired) electrons. The van der Waals surface area contributed by atoms with Crippen LogP contribution in [0.3, 0.4) is 0 Å². The highest BCUT2D eigenvalue weighted by Gasteiger charge is 2.43. The van der Waals surface area contributed by atoms with Crippen molar-refractivity contribution in [3.05, 3.63) is 95.7 Å². The van der Waals surface area contributed by atoms with Crippen LogP contribution in [-0.2, 0) is 15.6 Å². The molecule has 0 saturated heterocycles. The molecule has 0 saturated carbocycles. The van der Waals surface area contributed by atoms with Crippen LogP contribution in [0.4, 0.5) is 11.4 Å². The molecule has 0 fully saturated rings. The number of hydrogen-bond acceptors (Lipinski definition) is 2. The second-order valence-corrected chi connectivity index (χ2v) is 11.1. The minimum Gasteiger partial charge on any atom is -1.00 e. The van der Waals surface area contributed by atoms with Gasteiger partial charge in [-0.2, -0.15) is 4.58 Å². The summed E-state index contributed by atoms with van der Waals surface area (Å²) in [5, 5.41) is 8.94. The number of carboxylic acids is 1. The highest BCUT2D eigenvalue weighted by atomic mass is 79.9. The van der Waals surface area contributed by atoms with Crippen molar-refractivity contribution in [3.63, 3.8) is 0 Å². The number of fused-ring (bicyclic) bond motifs is 2. The molecule has 5 heteroatoms. The van der Waals surface area contributed by atoms with Crippen LogP contribution in [-0.4, -0.2) is 34.5 Å². The molecule has 2 heterocycles. The van der Waals surface area contributed by atoms with E-state index in [1.807, 2.05) is 0 Å². The second kappa shape index (κ2) is 12.3. The zero-order chi connectivity index (χ0) is 26.6. The van der Waals surface area contributed by atoms with Crippen molar-refractivity contribution in [2.75, 3.05) is 18.0 Å². The van der Waals surface area contributed by atoms with Gasteiger partial charge < -0.3 is 27.0 Å². The summed E-state index contributed by atoms with van der Waals surface area (Å²) in [6.45, 7) is 13.2. The van der Waals surface area contributed by atoms with Crippen LogP contribution in [0.25, 0.3) is 0 Å². The van der Waals surface area contributed by atoms with Crippen molar-refractivity contribution in [1.82, 2.24) is 0 Å². The fourth-order valence-electron chi connectivity index (χ4n) is 5.94. The van der Waals surface area contributed by atoms with Gasteiger partial charge in [-0.15, -0.1) is 0 Å². The van der Waals surface area contributed by atoms with Crippen molar-refractivity contribution in [1.29, 1.82) is 0 Å². The van der Waals surface area contributed by atoms with Crippen molar-refractivity contribution >= 4 is 23.1 Å². The Labute approximate surface area is 238 Å². The molecular weight excluding hydrogens is 536 g/mol. The zero-order valence-corrected chi connectivity index (χ0v) is 25.0. The van der Waals surface area contributed by atoms with Gasteiger partial charge in [0.2, 0.25) is 5.69 Å². The summed E-state index contributed by atoms with van der Waals surface area (Å²) in [6, 6.07) is 17.4. The summed E-state index contributed by atoms with van der Waals surface area (Å²) in [4.78, 5) is 13.3. The van der Waals surface area contributed by atoms with Gasteiger partial charge in [-0.1, -0.05) is 68.5 Å². The summed E-state index contributed by atoms with van der Waals surface area (Å²) in [7, 11) is 0. The number of anilines is 1. The Balaban J connectivity index is 0.00000400. The molecule has 1 N–H and O–H groups in total. The maximum atomic E-state index is 10.9. The first-order chi connectivity index (χ1) is 17.7. The first-order valence-corrected chi connectivity index (χ1v) is 13.6. The summed E-state index contributed by atoms with van der Waals surface area (Å²) in [5.74, 6) is -0.712. The molecule has 2 aromatic carbocycles. The van der Waals surface area contributed by atoms with Gasteiger partial charge in [0.1, 0.15) is 6.54 Å². The first-order valence-electron chi connectivity index (χ1n) is 13.6. The van der Waals surface area contributed by atoms with Crippen LogP contribution < -0.4 is 21.9 Å². The average molecular weight is 578 g/mol. The van der Waals surface area contributed by atoms with Gasteiger partial charge in [0, 0.05) is 53.9 Å². The van der Waals surface area contributed by atoms with Crippen LogP contribution in [0.5, 0.6) is 0 Å². The molecule has 4 nitrogen and oxygen atoms in total. The molecule has 0 aliphatic carbocycles. The number of likely N-dealkylation sites (N-methyl/N-ethyl adjacent to an activating group) is 1. The molecule has 0 amide bonds. The Bertz CT molecular complexity index is 1280. The normalized spacial score (nSPS) is 18.3. The number of allylic oxidation sites excluding steroid dienone is 6. The van der Waals surface area contributed by atoms with E-state index < -0.39 is 5.97 Å². The number of halogens is 1. The Morgan fingerprint density at radius 3 is 2.29 bits per heavy atom. The minimum atomic E-state index is -0.712. The zero-order valence-electron chi connectivity index (χ0n) is 23.4. The van der Waals surface area contributed by atoms with E-state index in [1.54, 1.807) is 0 Å². The highest BCUT2D eigenvalue weighted by molar-refractivity contribution is 6.03. The second-order valence-electron chi connectivity index (χ2n) is 11.1. The third kappa shape index (κ3) is 5.73. The molecule has 38 heavy (non-hydrogen) atoms. The van der Waals surface area contributed by atoms with Crippen molar-refractivity contribution < 1.29 is 31.5 Å². The van der Waals surface area contributed by atoms with E-state index in [2.05, 4.69) is 123 Å². The number of hydrogen-bond donors (Lipinski definition) is 1. The molecule has 2 aromatic rings. The number of para-hydroxylation sites is 2. The van der Waals surface area contributed by atoms with E-state index in [-0.39, 0.29) is 34.2 Å². The Morgan fingerprint density at radius 1 is 0.895 bits per heavy atom. The molecule has 0 bridgehead atoms. The summed E-state index contributed by atoms with van der Waals surface area (Å²) in [5.41, 5.74) is 7.79. The van der Waals surface area contributed by atoms with Gasteiger partial charge in [0.25, 0.3) is 0 Å². The first kappa shape index (κ1) is 29.6. The third-order valence-electron chi connectivity index (χ3n) is 7.92. The van der Waals surface area contributed by atoms with Gasteiger partial charge in [-0.25, -0.2) is 0 Å². The fraction of sp³-hybridized carbons (Fsp3) is 0.394. The average Bonchev–Trinajstić information content (AvgIpc) is 3.22. The van der Waals surface area contributed by atoms with Gasteiger partial charge >= 0.3 is 5.97 Å². The number of aliphatic carboxylic acids is 1. The van der Waals surface area contributed by atoms with Gasteiger partial charge in [-0.05, 0) is 51.3 Å². The number of benzene rings is 2. The Morgan fingerprint density at radius 2 is 1.58 bits per heavy atom. The maximum Gasteiger partial charge on any atom is 0.303 e. The van der Waals surface area contributed by atoms with E-state index >= 15 is 0 Å². The SMILES string of the molecule is CCN1C(=CC=CC=CC2=[N+](CCCCCC(=O)O)c3ccccc3C2(C)C)C(C)(C)c2ccccc21.[Br-]. The van der Waals surface area contributed by atoms with Gasteiger partial charge in [0.05, 0.1) is 5.41 Å². The lowest BCUT2D eigenvalue weighted by Gasteiger charge is -2.25. The summed E-state index contributed by atoms with van der Waals surface area (Å²) >= 11 is 0. The van der Waals surface area contributed by atoms with E-state index in [0.29, 0.717) is 0 Å². The standard InChI is InChI=1S/C33H40N2O2.BrH/c1-6-34-27-19-14-12-17-25(27)32(2,3)29(34)21-9-7-10-22-30-33(4,5)26-18-13-15-20-28(26)35(30)24-16-8-11-23-31(36)37;/h7,9-10,12-15,17-22H,6,8,11,16,23-24H2,1-5H3;1H. The Kier molecular flexibility index (Phi) is 9.59. The predicted molar refractivity (Wildman–Crippen MR) is 154 cm³/mol. The van der Waals surface area contributed by atoms with Crippen molar-refractivity contribution in [2.45, 2.75) is 71.1 Å². The number of carbonyl (C=O) groups is 1. The Hall–Kier alpha value is -2.92. The monoisotopic (exact) mass is 576 g/mol. The van der Waals surface area contributed by atoms with Crippen molar-refractivity contribution in [3.8, 4) is 0 Å². The largest absolute Gasteiger partial charge is 1.00 e. The lowest BCUT2D eigenvalue weighted by atomic mass is 9.81. The lowest BCUT2D eigenvalue weighted by molar-refractivity contribution is -0.438. The van der Waals surface area contributed by atoms with Crippen LogP contribution in [0.15, 0.2) is 84.6 Å². The summed E-state index contributed by atoms with van der Waals surface area (Å²) in [6.07, 6.45) is 13.8. The smallest absolute Gasteiger partial charge is 0.303 e. The third-order valence-corrected chi connectivity index (χ3v) is 7.92. The molecule has 0 aromatic heterocycles. The molecule has 0 unspecified atom stereocenters. The molecule has 202 valence electrons.